The second-order valence-electron chi connectivity index (χ2n) is 5.17. The van der Waals surface area contributed by atoms with E-state index in [-0.39, 0.29) is 5.91 Å². The Labute approximate surface area is 123 Å². The summed E-state index contributed by atoms with van der Waals surface area (Å²) in [6, 6.07) is 4.19. The summed E-state index contributed by atoms with van der Waals surface area (Å²) in [5, 5.41) is 0. The van der Waals surface area contributed by atoms with Crippen LogP contribution in [0.5, 0.6) is 5.75 Å². The van der Waals surface area contributed by atoms with Crippen molar-refractivity contribution in [2.75, 3.05) is 13.7 Å². The van der Waals surface area contributed by atoms with Gasteiger partial charge in [-0.3, -0.25) is 4.79 Å². The minimum Gasteiger partial charge on any atom is -0.495 e. The summed E-state index contributed by atoms with van der Waals surface area (Å²) in [6.45, 7) is 4.95. The summed E-state index contributed by atoms with van der Waals surface area (Å²) in [6.07, 6.45) is 3.38. The van der Waals surface area contributed by atoms with Crippen LogP contribution >= 0.6 is 15.9 Å². The lowest BCUT2D eigenvalue weighted by Gasteiger charge is -2.34. The van der Waals surface area contributed by atoms with Crippen molar-refractivity contribution < 1.29 is 9.53 Å². The lowest BCUT2D eigenvalue weighted by atomic mass is 10.0. The van der Waals surface area contributed by atoms with Gasteiger partial charge < -0.3 is 9.64 Å². The smallest absolute Gasteiger partial charge is 0.257 e. The number of carbonyl (C=O) groups is 1. The zero-order chi connectivity index (χ0) is 14.0. The van der Waals surface area contributed by atoms with Gasteiger partial charge in [0.1, 0.15) is 5.75 Å². The Morgan fingerprint density at radius 1 is 1.42 bits per heavy atom. The van der Waals surface area contributed by atoms with Gasteiger partial charge >= 0.3 is 0 Å². The molecule has 2 rings (SSSR count). The molecule has 1 atom stereocenters. The topological polar surface area (TPSA) is 29.5 Å². The van der Waals surface area contributed by atoms with E-state index in [0.29, 0.717) is 17.4 Å². The summed E-state index contributed by atoms with van der Waals surface area (Å²) in [7, 11) is 1.60. The zero-order valence-corrected chi connectivity index (χ0v) is 13.3. The molecule has 0 bridgehead atoms. The van der Waals surface area contributed by atoms with Crippen LogP contribution in [0.1, 0.15) is 42.1 Å². The van der Waals surface area contributed by atoms with E-state index in [2.05, 4.69) is 22.9 Å². The predicted molar refractivity (Wildman–Crippen MR) is 79.8 cm³/mol. The van der Waals surface area contributed by atoms with Crippen molar-refractivity contribution in [2.45, 2.75) is 39.2 Å². The van der Waals surface area contributed by atoms with Crippen molar-refractivity contribution in [3.63, 3.8) is 0 Å². The summed E-state index contributed by atoms with van der Waals surface area (Å²) >= 11 is 3.47. The number of nitrogens with zero attached hydrogens (tertiary/aromatic N) is 1. The minimum absolute atomic E-state index is 0.0773. The number of carbonyl (C=O) groups excluding carboxylic acids is 1. The van der Waals surface area contributed by atoms with Gasteiger partial charge in [0.15, 0.2) is 0 Å². The standard InChI is InChI=1S/C15H20BrNO2/c1-10-8-12(14(19-3)13(16)9-10)15(18)17-7-5-4-6-11(17)2/h8-9,11H,4-7H2,1-3H3/t11-/m0/s1. The Morgan fingerprint density at radius 3 is 2.79 bits per heavy atom. The fourth-order valence-electron chi connectivity index (χ4n) is 2.65. The van der Waals surface area contributed by atoms with Crippen LogP contribution in [0.4, 0.5) is 0 Å². The second-order valence-corrected chi connectivity index (χ2v) is 6.03. The maximum absolute atomic E-state index is 12.7. The highest BCUT2D eigenvalue weighted by Crippen LogP contribution is 2.32. The summed E-state index contributed by atoms with van der Waals surface area (Å²) < 4.78 is 6.22. The molecule has 0 spiro atoms. The molecule has 1 aliphatic heterocycles. The fourth-order valence-corrected chi connectivity index (χ4v) is 3.39. The predicted octanol–water partition coefficient (Wildman–Crippen LogP) is 3.78. The lowest BCUT2D eigenvalue weighted by Crippen LogP contribution is -2.42. The maximum atomic E-state index is 12.7. The molecule has 19 heavy (non-hydrogen) atoms. The van der Waals surface area contributed by atoms with E-state index in [0.717, 1.165) is 29.4 Å². The van der Waals surface area contributed by atoms with E-state index in [1.807, 2.05) is 24.0 Å². The molecule has 1 saturated heterocycles. The molecule has 1 heterocycles. The first kappa shape index (κ1) is 14.4. The van der Waals surface area contributed by atoms with Gasteiger partial charge in [-0.1, -0.05) is 0 Å². The van der Waals surface area contributed by atoms with Crippen LogP contribution in [0.3, 0.4) is 0 Å². The highest BCUT2D eigenvalue weighted by atomic mass is 79.9. The van der Waals surface area contributed by atoms with E-state index in [1.165, 1.54) is 6.42 Å². The minimum atomic E-state index is 0.0773. The molecular weight excluding hydrogens is 306 g/mol. The van der Waals surface area contributed by atoms with Crippen LogP contribution in [-0.2, 0) is 0 Å². The molecule has 1 aromatic carbocycles. The van der Waals surface area contributed by atoms with Gasteiger partial charge in [0, 0.05) is 12.6 Å². The molecule has 0 unspecified atom stereocenters. The fraction of sp³-hybridized carbons (Fsp3) is 0.533. The van der Waals surface area contributed by atoms with Crippen molar-refractivity contribution >= 4 is 21.8 Å². The SMILES string of the molecule is COc1c(Br)cc(C)cc1C(=O)N1CCCC[C@@H]1C. The lowest BCUT2D eigenvalue weighted by molar-refractivity contribution is 0.0632. The van der Waals surface area contributed by atoms with Crippen LogP contribution in [0.2, 0.25) is 0 Å². The van der Waals surface area contributed by atoms with Crippen molar-refractivity contribution in [3.8, 4) is 5.75 Å². The van der Waals surface area contributed by atoms with Crippen LogP contribution in [0.25, 0.3) is 0 Å². The molecule has 1 amide bonds. The van der Waals surface area contributed by atoms with E-state index in [9.17, 15) is 4.79 Å². The molecule has 104 valence electrons. The number of benzene rings is 1. The molecule has 1 aliphatic rings. The van der Waals surface area contributed by atoms with Crippen molar-refractivity contribution in [3.05, 3.63) is 27.7 Å². The quantitative estimate of drug-likeness (QED) is 0.828. The zero-order valence-electron chi connectivity index (χ0n) is 11.7. The summed E-state index contributed by atoms with van der Waals surface area (Å²) in [4.78, 5) is 14.7. The summed E-state index contributed by atoms with van der Waals surface area (Å²) in [5.74, 6) is 0.710. The van der Waals surface area contributed by atoms with E-state index >= 15 is 0 Å². The number of rotatable bonds is 2. The van der Waals surface area contributed by atoms with Crippen molar-refractivity contribution in [2.24, 2.45) is 0 Å². The molecule has 0 aliphatic carbocycles. The van der Waals surface area contributed by atoms with Crippen LogP contribution in [-0.4, -0.2) is 30.5 Å². The Hall–Kier alpha value is -1.03. The first-order valence-electron chi connectivity index (χ1n) is 6.69. The number of amides is 1. The average Bonchev–Trinajstić information content (AvgIpc) is 2.37. The number of halogens is 1. The molecule has 1 aromatic rings. The van der Waals surface area contributed by atoms with E-state index in [4.69, 9.17) is 4.74 Å². The van der Waals surface area contributed by atoms with E-state index in [1.54, 1.807) is 7.11 Å². The molecule has 0 aromatic heterocycles. The summed E-state index contributed by atoms with van der Waals surface area (Å²) in [5.41, 5.74) is 1.71. The van der Waals surface area contributed by atoms with Crippen molar-refractivity contribution in [1.82, 2.24) is 4.90 Å². The van der Waals surface area contributed by atoms with Gasteiger partial charge in [0.25, 0.3) is 5.91 Å². The van der Waals surface area contributed by atoms with Crippen LogP contribution in [0.15, 0.2) is 16.6 Å². The molecule has 3 nitrogen and oxygen atoms in total. The highest BCUT2D eigenvalue weighted by molar-refractivity contribution is 9.10. The van der Waals surface area contributed by atoms with Gasteiger partial charge in [-0.2, -0.15) is 0 Å². The Morgan fingerprint density at radius 2 is 2.16 bits per heavy atom. The molecule has 0 radical (unpaired) electrons. The normalized spacial score (nSPS) is 19.4. The number of aryl methyl sites for hydroxylation is 1. The number of ether oxygens (including phenoxy) is 1. The molecule has 1 fully saturated rings. The number of hydrogen-bond acceptors (Lipinski definition) is 2. The van der Waals surface area contributed by atoms with Crippen LogP contribution < -0.4 is 4.74 Å². The molecular formula is C15H20BrNO2. The van der Waals surface area contributed by atoms with Gasteiger partial charge in [-0.25, -0.2) is 0 Å². The van der Waals surface area contributed by atoms with Gasteiger partial charge in [0.2, 0.25) is 0 Å². The second kappa shape index (κ2) is 5.95. The maximum Gasteiger partial charge on any atom is 0.257 e. The number of hydrogen-bond donors (Lipinski definition) is 0. The third-order valence-corrected chi connectivity index (χ3v) is 4.28. The first-order chi connectivity index (χ1) is 9.04. The largest absolute Gasteiger partial charge is 0.495 e. The third-order valence-electron chi connectivity index (χ3n) is 3.69. The van der Waals surface area contributed by atoms with Gasteiger partial charge in [-0.05, 0) is 66.7 Å². The number of piperidine rings is 1. The third kappa shape index (κ3) is 2.94. The highest BCUT2D eigenvalue weighted by Gasteiger charge is 2.27. The van der Waals surface area contributed by atoms with Gasteiger partial charge in [-0.15, -0.1) is 0 Å². The number of likely N-dealkylation sites (tertiary alicyclic amines) is 1. The number of methoxy groups -OCH3 is 1. The van der Waals surface area contributed by atoms with Crippen molar-refractivity contribution in [1.29, 1.82) is 0 Å². The molecule has 4 heteroatoms. The molecule has 0 saturated carbocycles. The first-order valence-corrected chi connectivity index (χ1v) is 7.49. The van der Waals surface area contributed by atoms with Crippen LogP contribution in [0, 0.1) is 6.92 Å². The Balaban J connectivity index is 2.37. The van der Waals surface area contributed by atoms with E-state index < -0.39 is 0 Å². The monoisotopic (exact) mass is 325 g/mol. The van der Waals surface area contributed by atoms with Gasteiger partial charge in [0.05, 0.1) is 17.1 Å². The Bertz CT molecular complexity index is 487. The average molecular weight is 326 g/mol. The molecule has 0 N–H and O–H groups in total. The Kier molecular flexibility index (Phi) is 4.50.